The summed E-state index contributed by atoms with van der Waals surface area (Å²) in [6.07, 6.45) is 3.17. The smallest absolute Gasteiger partial charge is 0.341 e. The van der Waals surface area contributed by atoms with Gasteiger partial charge in [0.1, 0.15) is 11.4 Å². The number of carboxylic acid groups (broad SMARTS) is 1. The van der Waals surface area contributed by atoms with Crippen LogP contribution in [-0.2, 0) is 0 Å². The Kier molecular flexibility index (Phi) is 6.13. The molecule has 0 saturated carbocycles. The lowest BCUT2D eigenvalue weighted by Crippen LogP contribution is -2.15. The number of hydrogen-bond donors (Lipinski definition) is 2. The maximum atomic E-state index is 10.9. The first-order chi connectivity index (χ1) is 7.04. The summed E-state index contributed by atoms with van der Waals surface area (Å²) in [5.74, 6) is -0.650. The van der Waals surface area contributed by atoms with Crippen LogP contribution in [0.15, 0.2) is 11.4 Å². The molecular weight excluding hydrogens is 250 g/mol. The van der Waals surface area contributed by atoms with Gasteiger partial charge in [0.15, 0.2) is 5.16 Å². The molecule has 1 rings (SSSR count). The highest BCUT2D eigenvalue weighted by atomic mass is 35.5. The van der Waals surface area contributed by atoms with E-state index in [1.165, 1.54) is 18.0 Å². The Bertz CT molecular complexity index is 374. The van der Waals surface area contributed by atoms with E-state index in [2.05, 4.69) is 15.3 Å². The Balaban J connectivity index is 0.00000225. The number of hydrogen-bond acceptors (Lipinski definition) is 5. The van der Waals surface area contributed by atoms with E-state index in [9.17, 15) is 4.79 Å². The molecule has 0 aliphatic carbocycles. The van der Waals surface area contributed by atoms with Crippen LogP contribution in [0.5, 0.6) is 0 Å². The lowest BCUT2D eigenvalue weighted by Gasteiger charge is -2.11. The molecular formula is C9H14ClN3O2S. The monoisotopic (exact) mass is 263 g/mol. The second kappa shape index (κ2) is 6.55. The van der Waals surface area contributed by atoms with Crippen molar-refractivity contribution in [3.8, 4) is 0 Å². The van der Waals surface area contributed by atoms with Gasteiger partial charge in [0, 0.05) is 12.2 Å². The van der Waals surface area contributed by atoms with Crippen LogP contribution in [0.2, 0.25) is 0 Å². The van der Waals surface area contributed by atoms with E-state index < -0.39 is 5.97 Å². The van der Waals surface area contributed by atoms with E-state index in [1.54, 1.807) is 0 Å². The summed E-state index contributed by atoms with van der Waals surface area (Å²) in [6.45, 7) is 3.85. The quantitative estimate of drug-likeness (QED) is 0.640. The predicted molar refractivity (Wildman–Crippen MR) is 66.8 cm³/mol. The van der Waals surface area contributed by atoms with Crippen molar-refractivity contribution in [1.29, 1.82) is 0 Å². The molecule has 0 bridgehead atoms. The molecule has 0 fully saturated rings. The molecule has 0 saturated heterocycles. The van der Waals surface area contributed by atoms with Gasteiger partial charge in [-0.25, -0.2) is 14.8 Å². The van der Waals surface area contributed by atoms with Crippen molar-refractivity contribution in [2.75, 3.05) is 11.6 Å². The van der Waals surface area contributed by atoms with Crippen molar-refractivity contribution in [3.63, 3.8) is 0 Å². The Morgan fingerprint density at radius 3 is 2.62 bits per heavy atom. The van der Waals surface area contributed by atoms with Crippen LogP contribution in [-0.4, -0.2) is 33.3 Å². The van der Waals surface area contributed by atoms with Crippen LogP contribution >= 0.6 is 24.2 Å². The average Bonchev–Trinajstić information content (AvgIpc) is 2.16. The fourth-order valence-corrected chi connectivity index (χ4v) is 1.34. The number of carboxylic acids is 1. The molecule has 0 amide bonds. The number of carbonyl (C=O) groups is 1. The third-order valence-corrected chi connectivity index (χ3v) is 2.17. The van der Waals surface area contributed by atoms with Crippen LogP contribution in [0, 0.1) is 0 Å². The highest BCUT2D eigenvalue weighted by Crippen LogP contribution is 2.17. The first kappa shape index (κ1) is 15.0. The number of nitrogens with zero attached hydrogens (tertiary/aromatic N) is 2. The molecule has 0 spiro atoms. The molecule has 0 atom stereocenters. The zero-order chi connectivity index (χ0) is 11.4. The van der Waals surface area contributed by atoms with Gasteiger partial charge in [-0.05, 0) is 20.1 Å². The summed E-state index contributed by atoms with van der Waals surface area (Å²) in [7, 11) is 0. The molecule has 2 N–H and O–H groups in total. The van der Waals surface area contributed by atoms with Gasteiger partial charge in [0.2, 0.25) is 0 Å². The minimum absolute atomic E-state index is 0. The van der Waals surface area contributed by atoms with Gasteiger partial charge in [-0.1, -0.05) is 11.8 Å². The first-order valence-electron chi connectivity index (χ1n) is 4.45. The van der Waals surface area contributed by atoms with Crippen LogP contribution in [0.1, 0.15) is 24.2 Å². The largest absolute Gasteiger partial charge is 0.477 e. The Morgan fingerprint density at radius 1 is 1.56 bits per heavy atom. The maximum Gasteiger partial charge on any atom is 0.341 e. The number of nitrogens with one attached hydrogen (secondary N) is 1. The molecule has 90 valence electrons. The molecule has 1 heterocycles. The second-order valence-corrected chi connectivity index (χ2v) is 4.00. The van der Waals surface area contributed by atoms with Crippen LogP contribution in [0.25, 0.3) is 0 Å². The van der Waals surface area contributed by atoms with Crippen LogP contribution in [0.4, 0.5) is 5.82 Å². The van der Waals surface area contributed by atoms with Crippen molar-refractivity contribution in [1.82, 2.24) is 9.97 Å². The van der Waals surface area contributed by atoms with E-state index >= 15 is 0 Å². The highest BCUT2D eigenvalue weighted by molar-refractivity contribution is 7.98. The molecule has 1 aromatic heterocycles. The lowest BCUT2D eigenvalue weighted by molar-refractivity contribution is 0.0697. The molecule has 0 radical (unpaired) electrons. The van der Waals surface area contributed by atoms with Gasteiger partial charge in [0.05, 0.1) is 0 Å². The Hall–Kier alpha value is -1.01. The number of aromatic carboxylic acids is 1. The zero-order valence-corrected chi connectivity index (χ0v) is 10.9. The summed E-state index contributed by atoms with van der Waals surface area (Å²) in [5.41, 5.74) is 0.0986. The molecule has 0 aliphatic heterocycles. The highest BCUT2D eigenvalue weighted by Gasteiger charge is 2.13. The van der Waals surface area contributed by atoms with Crippen molar-refractivity contribution in [2.24, 2.45) is 0 Å². The van der Waals surface area contributed by atoms with Gasteiger partial charge in [-0.15, -0.1) is 12.4 Å². The first-order valence-corrected chi connectivity index (χ1v) is 5.68. The molecule has 0 unspecified atom stereocenters. The Morgan fingerprint density at radius 2 is 2.19 bits per heavy atom. The number of aromatic nitrogens is 2. The van der Waals surface area contributed by atoms with Gasteiger partial charge < -0.3 is 10.4 Å². The fourth-order valence-electron chi connectivity index (χ4n) is 1.00. The topological polar surface area (TPSA) is 75.1 Å². The number of halogens is 1. The molecule has 1 aromatic rings. The number of rotatable bonds is 4. The maximum absolute atomic E-state index is 10.9. The fraction of sp³-hybridized carbons (Fsp3) is 0.444. The van der Waals surface area contributed by atoms with E-state index in [0.717, 1.165) is 0 Å². The molecule has 0 aliphatic rings. The lowest BCUT2D eigenvalue weighted by atomic mass is 10.3. The second-order valence-electron chi connectivity index (χ2n) is 3.22. The van der Waals surface area contributed by atoms with Gasteiger partial charge in [0.25, 0.3) is 0 Å². The summed E-state index contributed by atoms with van der Waals surface area (Å²) in [4.78, 5) is 18.9. The van der Waals surface area contributed by atoms with Gasteiger partial charge >= 0.3 is 5.97 Å². The SMILES string of the molecule is CSc1ncc(C(=O)O)c(NC(C)C)n1.Cl. The van der Waals surface area contributed by atoms with Gasteiger partial charge in [-0.2, -0.15) is 0 Å². The summed E-state index contributed by atoms with van der Waals surface area (Å²) in [5, 5.41) is 12.5. The van der Waals surface area contributed by atoms with Crippen LogP contribution < -0.4 is 5.32 Å². The number of anilines is 1. The normalized spacial score (nSPS) is 9.75. The average molecular weight is 264 g/mol. The van der Waals surface area contributed by atoms with Gasteiger partial charge in [-0.3, -0.25) is 0 Å². The predicted octanol–water partition coefficient (Wildman–Crippen LogP) is 2.14. The third-order valence-electron chi connectivity index (χ3n) is 1.61. The van der Waals surface area contributed by atoms with Crippen molar-refractivity contribution in [2.45, 2.75) is 25.0 Å². The minimum atomic E-state index is -1.02. The van der Waals surface area contributed by atoms with Crippen LogP contribution in [0.3, 0.4) is 0 Å². The molecule has 5 nitrogen and oxygen atoms in total. The van der Waals surface area contributed by atoms with E-state index in [-0.39, 0.29) is 24.0 Å². The zero-order valence-electron chi connectivity index (χ0n) is 9.22. The molecule has 7 heteroatoms. The minimum Gasteiger partial charge on any atom is -0.477 e. The summed E-state index contributed by atoms with van der Waals surface area (Å²) >= 11 is 1.38. The summed E-state index contributed by atoms with van der Waals surface area (Å²) < 4.78 is 0. The van der Waals surface area contributed by atoms with E-state index in [4.69, 9.17) is 5.11 Å². The van der Waals surface area contributed by atoms with Crippen molar-refractivity contribution < 1.29 is 9.90 Å². The third kappa shape index (κ3) is 3.86. The molecule has 16 heavy (non-hydrogen) atoms. The van der Waals surface area contributed by atoms with Crippen molar-refractivity contribution >= 4 is 36.0 Å². The van der Waals surface area contributed by atoms with Crippen molar-refractivity contribution in [3.05, 3.63) is 11.8 Å². The van der Waals surface area contributed by atoms with E-state index in [1.807, 2.05) is 20.1 Å². The Labute approximate surface area is 104 Å². The van der Waals surface area contributed by atoms with E-state index in [0.29, 0.717) is 11.0 Å². The summed E-state index contributed by atoms with van der Waals surface area (Å²) in [6, 6.07) is 0.132. The molecule has 0 aromatic carbocycles. The standard InChI is InChI=1S/C9H13N3O2S.ClH/c1-5(2)11-7-6(8(13)14)4-10-9(12-7)15-3;/h4-5H,1-3H3,(H,13,14)(H,10,11,12);1H. The number of thioether (sulfide) groups is 1.